The lowest BCUT2D eigenvalue weighted by Gasteiger charge is -2.14. The number of aryl methyl sites for hydroxylation is 2. The van der Waals surface area contributed by atoms with Crippen molar-refractivity contribution in [2.24, 2.45) is 9.98 Å². The number of allylic oxidation sites excluding steroid dienone is 4. The summed E-state index contributed by atoms with van der Waals surface area (Å²) in [5.74, 6) is 0. The number of hydrogen-bond donors (Lipinski definition) is 0. The lowest BCUT2D eigenvalue weighted by atomic mass is 9.99. The van der Waals surface area contributed by atoms with Crippen molar-refractivity contribution in [3.63, 3.8) is 0 Å². The van der Waals surface area contributed by atoms with Crippen LogP contribution in [-0.2, 0) is 12.8 Å². The topological polar surface area (TPSA) is 24.7 Å². The van der Waals surface area contributed by atoms with Crippen LogP contribution in [0.15, 0.2) is 82.8 Å². The van der Waals surface area contributed by atoms with Crippen LogP contribution in [0.3, 0.4) is 0 Å². The SMILES string of the molecule is CCCCCCCCCCCCCCCCCCCCCCCCCCC=CCCc1ccccc1N=C(CCCCC)C(CCCCCCCCCCC)=Nc1ccccc1CCC=CCCCCCCCCCCCCCCCCCCCCCCCCCC. The number of hydrogen-bond acceptors (Lipinski definition) is 2. The van der Waals surface area contributed by atoms with E-state index in [-0.39, 0.29) is 0 Å². The second-order valence-electron chi connectivity index (χ2n) is 29.3. The van der Waals surface area contributed by atoms with E-state index in [4.69, 9.17) is 9.98 Å². The van der Waals surface area contributed by atoms with E-state index in [1.54, 1.807) is 0 Å². The van der Waals surface area contributed by atoms with Gasteiger partial charge in [0.1, 0.15) is 0 Å². The van der Waals surface area contributed by atoms with Crippen molar-refractivity contribution < 1.29 is 0 Å². The number of para-hydroxylation sites is 2. The highest BCUT2D eigenvalue weighted by molar-refractivity contribution is 6.43. The zero-order chi connectivity index (χ0) is 65.4. The summed E-state index contributed by atoms with van der Waals surface area (Å²) >= 11 is 0. The summed E-state index contributed by atoms with van der Waals surface area (Å²) in [6, 6.07) is 18.1. The molecule has 2 heteroatoms. The van der Waals surface area contributed by atoms with Gasteiger partial charge in [0.2, 0.25) is 0 Å². The minimum absolute atomic E-state index is 1.00. The Bertz CT molecular complexity index is 1920. The molecule has 0 aromatic heterocycles. The Morgan fingerprint density at radius 1 is 0.217 bits per heavy atom. The van der Waals surface area contributed by atoms with Gasteiger partial charge in [-0.15, -0.1) is 0 Å². The third-order valence-corrected chi connectivity index (χ3v) is 20.3. The van der Waals surface area contributed by atoms with E-state index in [2.05, 4.69) is 101 Å². The molecule has 0 aliphatic heterocycles. The van der Waals surface area contributed by atoms with Crippen molar-refractivity contribution in [2.75, 3.05) is 0 Å². The van der Waals surface area contributed by atoms with Crippen molar-refractivity contribution in [1.29, 1.82) is 0 Å². The van der Waals surface area contributed by atoms with Crippen molar-refractivity contribution in [1.82, 2.24) is 0 Å². The number of rotatable bonds is 73. The van der Waals surface area contributed by atoms with Crippen molar-refractivity contribution in [3.8, 4) is 0 Å². The quantitative estimate of drug-likeness (QED) is 0.0358. The molecule has 2 aromatic carbocycles. The maximum atomic E-state index is 5.67. The summed E-state index contributed by atoms with van der Waals surface area (Å²) in [5, 5.41) is 0. The van der Waals surface area contributed by atoms with Gasteiger partial charge in [0.15, 0.2) is 0 Å². The van der Waals surface area contributed by atoms with Crippen LogP contribution >= 0.6 is 0 Å². The molecule has 0 spiro atoms. The third-order valence-electron chi connectivity index (χ3n) is 20.3. The lowest BCUT2D eigenvalue weighted by molar-refractivity contribution is 0.517. The smallest absolute Gasteiger partial charge is 0.0665 e. The molecule has 0 radical (unpaired) electrons. The first kappa shape index (κ1) is 85.3. The molecule has 0 bridgehead atoms. The fourth-order valence-corrected chi connectivity index (χ4v) is 14.0. The van der Waals surface area contributed by atoms with Crippen LogP contribution in [0.2, 0.25) is 0 Å². The van der Waals surface area contributed by atoms with E-state index in [0.717, 1.165) is 49.9 Å². The Labute approximate surface area is 577 Å². The molecule has 0 atom stereocenters. The zero-order valence-electron chi connectivity index (χ0n) is 62.9. The van der Waals surface area contributed by atoms with E-state index < -0.39 is 0 Å². The summed E-state index contributed by atoms with van der Waals surface area (Å²) in [6.07, 6.45) is 104. The zero-order valence-corrected chi connectivity index (χ0v) is 62.9. The van der Waals surface area contributed by atoms with E-state index in [0.29, 0.717) is 0 Å². The van der Waals surface area contributed by atoms with Gasteiger partial charge in [-0.25, -0.2) is 0 Å². The fourth-order valence-electron chi connectivity index (χ4n) is 14.0. The molecule has 0 N–H and O–H groups in total. The van der Waals surface area contributed by atoms with Crippen LogP contribution in [-0.4, -0.2) is 11.4 Å². The summed E-state index contributed by atoms with van der Waals surface area (Å²) in [5.41, 5.74) is 7.54. The van der Waals surface area contributed by atoms with Crippen LogP contribution in [0.4, 0.5) is 11.4 Å². The summed E-state index contributed by atoms with van der Waals surface area (Å²) in [4.78, 5) is 11.3. The molecule has 2 nitrogen and oxygen atoms in total. The second kappa shape index (κ2) is 71.0. The van der Waals surface area contributed by atoms with Crippen LogP contribution < -0.4 is 0 Å². The molecule has 2 rings (SSSR count). The predicted octanol–water partition coefficient (Wildman–Crippen LogP) is 32.6. The standard InChI is InChI=1S/C90H160N2/c1-5-9-13-16-19-22-24-26-28-30-32-34-36-38-40-42-44-46-48-50-52-54-56-58-61-63-66-70-77-85-79-73-75-81-87(85)91-89(83-69-12-8-4)90(84-72-68-65-60-21-18-15-11-7-3)92-88-82-76-74-80-86(88)78-71-67-64-62-59-57-55-53-51-49-47-45-43-41-39-37-35-33-31-29-27-25-23-20-17-14-10-6-2/h63-64,66-67,73-76,79-82H,5-62,65,68-72,77-78,83-84H2,1-4H3. The van der Waals surface area contributed by atoms with Crippen molar-refractivity contribution in [2.45, 2.75) is 464 Å². The number of unbranched alkanes of at least 4 members (excludes halogenated alkanes) is 58. The Morgan fingerprint density at radius 2 is 0.402 bits per heavy atom. The molecule has 0 heterocycles. The molecule has 0 saturated heterocycles. The Morgan fingerprint density at radius 3 is 0.652 bits per heavy atom. The van der Waals surface area contributed by atoms with E-state index >= 15 is 0 Å². The van der Waals surface area contributed by atoms with Crippen LogP contribution in [0, 0.1) is 0 Å². The average Bonchev–Trinajstić information content (AvgIpc) is 1.48. The van der Waals surface area contributed by atoms with E-state index in [1.807, 2.05) is 0 Å². The monoisotopic (exact) mass is 1270 g/mol. The normalized spacial score (nSPS) is 12.3. The summed E-state index contributed by atoms with van der Waals surface area (Å²) < 4.78 is 0. The molecule has 0 aliphatic rings. The molecule has 0 amide bonds. The molecule has 0 saturated carbocycles. The highest BCUT2D eigenvalue weighted by atomic mass is 14.8. The molecular formula is C90H160N2. The summed E-state index contributed by atoms with van der Waals surface area (Å²) in [6.45, 7) is 9.28. The van der Waals surface area contributed by atoms with Crippen LogP contribution in [0.5, 0.6) is 0 Å². The van der Waals surface area contributed by atoms with Gasteiger partial charge in [0.25, 0.3) is 0 Å². The molecule has 0 unspecified atom stereocenters. The first-order valence-corrected chi connectivity index (χ1v) is 42.3. The molecule has 2 aromatic rings. The van der Waals surface area contributed by atoms with Gasteiger partial charge in [-0.05, 0) is 100 Å². The number of benzene rings is 2. The van der Waals surface area contributed by atoms with Gasteiger partial charge in [0, 0.05) is 0 Å². The number of nitrogens with zero attached hydrogens (tertiary/aromatic N) is 2. The first-order valence-electron chi connectivity index (χ1n) is 42.3. The number of aliphatic imine (C=N–C) groups is 2. The van der Waals surface area contributed by atoms with Crippen molar-refractivity contribution in [3.05, 3.63) is 84.0 Å². The average molecular weight is 1270 g/mol. The Balaban J connectivity index is 1.75. The minimum atomic E-state index is 1.00. The van der Waals surface area contributed by atoms with Gasteiger partial charge < -0.3 is 0 Å². The van der Waals surface area contributed by atoms with Crippen LogP contribution in [0.1, 0.15) is 463 Å². The van der Waals surface area contributed by atoms with Gasteiger partial charge in [0.05, 0.1) is 22.8 Å². The van der Waals surface area contributed by atoms with Gasteiger partial charge in [-0.3, -0.25) is 9.98 Å². The molecule has 0 aliphatic carbocycles. The minimum Gasteiger partial charge on any atom is -0.251 e. The highest BCUT2D eigenvalue weighted by Gasteiger charge is 2.14. The summed E-state index contributed by atoms with van der Waals surface area (Å²) in [7, 11) is 0. The van der Waals surface area contributed by atoms with Gasteiger partial charge in [-0.2, -0.15) is 0 Å². The highest BCUT2D eigenvalue weighted by Crippen LogP contribution is 2.28. The van der Waals surface area contributed by atoms with Crippen LogP contribution in [0.25, 0.3) is 0 Å². The fraction of sp³-hybridized carbons (Fsp3) is 0.800. The molecule has 530 valence electrons. The Kier molecular flexibility index (Phi) is 65.9. The Hall–Kier alpha value is -2.74. The third kappa shape index (κ3) is 56.4. The molecular weight excluding hydrogens is 1110 g/mol. The maximum absolute atomic E-state index is 5.67. The molecule has 92 heavy (non-hydrogen) atoms. The van der Waals surface area contributed by atoms with Crippen molar-refractivity contribution >= 4 is 22.8 Å². The lowest BCUT2D eigenvalue weighted by Crippen LogP contribution is -2.15. The second-order valence-corrected chi connectivity index (χ2v) is 29.3. The largest absolute Gasteiger partial charge is 0.251 e. The van der Waals surface area contributed by atoms with Gasteiger partial charge >= 0.3 is 0 Å². The first-order chi connectivity index (χ1) is 45.7. The predicted molar refractivity (Wildman–Crippen MR) is 420 cm³/mol. The van der Waals surface area contributed by atoms with E-state index in [1.165, 1.54) is 421 Å². The van der Waals surface area contributed by atoms with E-state index in [9.17, 15) is 0 Å². The maximum Gasteiger partial charge on any atom is 0.0665 e. The molecule has 0 fully saturated rings. The van der Waals surface area contributed by atoms with Gasteiger partial charge in [-0.1, -0.05) is 448 Å².